The Morgan fingerprint density at radius 2 is 1.48 bits per heavy atom. The summed E-state index contributed by atoms with van der Waals surface area (Å²) in [6.07, 6.45) is -0.595. The predicted octanol–water partition coefficient (Wildman–Crippen LogP) is 4.46. The van der Waals surface area contributed by atoms with Crippen LogP contribution in [0.5, 0.6) is 5.75 Å². The maximum atomic E-state index is 13.4. The highest BCUT2D eigenvalue weighted by atomic mass is 16.8. The van der Waals surface area contributed by atoms with Crippen molar-refractivity contribution >= 4 is 23.4 Å². The summed E-state index contributed by atoms with van der Waals surface area (Å²) in [5, 5.41) is 1.64. The van der Waals surface area contributed by atoms with Gasteiger partial charge in [0, 0.05) is 0 Å². The molecule has 2 fully saturated rings. The predicted molar refractivity (Wildman–Crippen MR) is 113 cm³/mol. The van der Waals surface area contributed by atoms with E-state index in [1.165, 1.54) is 0 Å². The maximum Gasteiger partial charge on any atom is 0.424 e. The summed E-state index contributed by atoms with van der Waals surface area (Å²) < 4.78 is 10.8. The summed E-state index contributed by atoms with van der Waals surface area (Å²) >= 11 is 0. The van der Waals surface area contributed by atoms with Gasteiger partial charge in [-0.15, -0.1) is 0 Å². The molecule has 2 aliphatic heterocycles. The first-order chi connectivity index (χ1) is 15.1. The molecule has 3 aromatic carbocycles. The highest BCUT2D eigenvalue weighted by Gasteiger charge is 2.63. The molecule has 1 spiro atoms. The number of amides is 2. The molecule has 0 radical (unpaired) electrons. The molecule has 0 bridgehead atoms. The van der Waals surface area contributed by atoms with Crippen LogP contribution in [0.4, 0.5) is 16.2 Å². The number of nitrogens with zero attached hydrogens (tertiary/aromatic N) is 2. The van der Waals surface area contributed by atoms with Crippen LogP contribution in [0.1, 0.15) is 18.0 Å². The lowest BCUT2D eigenvalue weighted by atomic mass is 9.98. The molecular formula is C24H20N2O5. The smallest absolute Gasteiger partial charge is 0.424 e. The fourth-order valence-corrected chi connectivity index (χ4v) is 3.95. The van der Waals surface area contributed by atoms with E-state index in [0.29, 0.717) is 5.69 Å². The molecule has 0 N–H and O–H groups in total. The molecule has 2 saturated heterocycles. The molecule has 0 saturated carbocycles. The summed E-state index contributed by atoms with van der Waals surface area (Å²) in [4.78, 5) is 33.2. The van der Waals surface area contributed by atoms with Crippen molar-refractivity contribution in [3.63, 3.8) is 0 Å². The molecule has 3 aromatic rings. The lowest BCUT2D eigenvalue weighted by Gasteiger charge is -2.25. The van der Waals surface area contributed by atoms with E-state index in [2.05, 4.69) is 0 Å². The topological polar surface area (TPSA) is 68.3 Å². The number of imide groups is 1. The minimum absolute atomic E-state index is 0.155. The van der Waals surface area contributed by atoms with E-state index in [1.54, 1.807) is 36.4 Å². The average molecular weight is 416 g/mol. The van der Waals surface area contributed by atoms with Gasteiger partial charge in [-0.3, -0.25) is 4.79 Å². The van der Waals surface area contributed by atoms with Crippen LogP contribution in [-0.2, 0) is 14.4 Å². The highest BCUT2D eigenvalue weighted by molar-refractivity contribution is 6.19. The average Bonchev–Trinajstić information content (AvgIpc) is 3.32. The zero-order valence-electron chi connectivity index (χ0n) is 16.8. The molecule has 2 heterocycles. The Kier molecular flexibility index (Phi) is 4.60. The van der Waals surface area contributed by atoms with Crippen molar-refractivity contribution in [2.24, 2.45) is 0 Å². The number of hydrogen-bond donors (Lipinski definition) is 0. The van der Waals surface area contributed by atoms with Crippen molar-refractivity contribution in [2.75, 3.05) is 17.1 Å². The largest absolute Gasteiger partial charge is 0.497 e. The SMILES string of the molecule is COc1ccc([C@H]2C[C@]3(OC(=O)N(c4ccccc4)C3=O)ON2c2ccccc2)cc1. The van der Waals surface area contributed by atoms with Gasteiger partial charge in [0.25, 0.3) is 0 Å². The van der Waals surface area contributed by atoms with E-state index in [9.17, 15) is 9.59 Å². The number of ether oxygens (including phenoxy) is 2. The highest BCUT2D eigenvalue weighted by Crippen LogP contribution is 2.47. The van der Waals surface area contributed by atoms with Gasteiger partial charge in [0.15, 0.2) is 0 Å². The zero-order chi connectivity index (χ0) is 21.4. The lowest BCUT2D eigenvalue weighted by Crippen LogP contribution is -2.42. The molecule has 7 nitrogen and oxygen atoms in total. The van der Waals surface area contributed by atoms with Crippen LogP contribution >= 0.6 is 0 Å². The molecule has 0 aromatic heterocycles. The molecule has 156 valence electrons. The molecule has 2 aliphatic rings. The number of para-hydroxylation sites is 2. The van der Waals surface area contributed by atoms with Crippen molar-refractivity contribution in [3.05, 3.63) is 90.5 Å². The van der Waals surface area contributed by atoms with Crippen LogP contribution < -0.4 is 14.7 Å². The third-order valence-electron chi connectivity index (χ3n) is 5.48. The first-order valence-electron chi connectivity index (χ1n) is 9.91. The summed E-state index contributed by atoms with van der Waals surface area (Å²) in [6.45, 7) is 0. The summed E-state index contributed by atoms with van der Waals surface area (Å²) in [7, 11) is 1.60. The van der Waals surface area contributed by atoms with Gasteiger partial charge in [0.05, 0.1) is 30.9 Å². The van der Waals surface area contributed by atoms with Crippen LogP contribution in [0.15, 0.2) is 84.9 Å². The Morgan fingerprint density at radius 3 is 2.10 bits per heavy atom. The first kappa shape index (κ1) is 19.1. The van der Waals surface area contributed by atoms with Crippen LogP contribution in [0.3, 0.4) is 0 Å². The number of anilines is 2. The fraction of sp³-hybridized carbons (Fsp3) is 0.167. The number of hydroxylamine groups is 1. The number of rotatable bonds is 4. The molecule has 31 heavy (non-hydrogen) atoms. The van der Waals surface area contributed by atoms with Crippen LogP contribution in [0.25, 0.3) is 0 Å². The number of benzene rings is 3. The van der Waals surface area contributed by atoms with E-state index in [1.807, 2.05) is 60.7 Å². The molecule has 0 unspecified atom stereocenters. The Balaban J connectivity index is 1.53. The third kappa shape index (κ3) is 3.19. The summed E-state index contributed by atoms with van der Waals surface area (Å²) in [6, 6.07) is 25.3. The van der Waals surface area contributed by atoms with E-state index in [4.69, 9.17) is 14.3 Å². The molecule has 2 amide bonds. The van der Waals surface area contributed by atoms with E-state index in [0.717, 1.165) is 21.9 Å². The Morgan fingerprint density at radius 1 is 0.871 bits per heavy atom. The van der Waals surface area contributed by atoms with Crippen molar-refractivity contribution in [1.29, 1.82) is 0 Å². The molecule has 5 rings (SSSR count). The first-order valence-corrected chi connectivity index (χ1v) is 9.91. The van der Waals surface area contributed by atoms with E-state index >= 15 is 0 Å². The van der Waals surface area contributed by atoms with Gasteiger partial charge >= 0.3 is 17.8 Å². The number of carbonyl (C=O) groups is 2. The zero-order valence-corrected chi connectivity index (χ0v) is 16.8. The van der Waals surface area contributed by atoms with Gasteiger partial charge in [0.1, 0.15) is 5.75 Å². The fourth-order valence-electron chi connectivity index (χ4n) is 3.95. The van der Waals surface area contributed by atoms with Crippen molar-refractivity contribution in [2.45, 2.75) is 18.2 Å². The summed E-state index contributed by atoms with van der Waals surface area (Å²) in [5.74, 6) is -1.55. The van der Waals surface area contributed by atoms with Gasteiger partial charge in [-0.05, 0) is 42.0 Å². The second-order valence-electron chi connectivity index (χ2n) is 7.34. The molecule has 2 atom stereocenters. The molecule has 7 heteroatoms. The second kappa shape index (κ2) is 7.45. The van der Waals surface area contributed by atoms with Gasteiger partial charge in [-0.2, -0.15) is 0 Å². The van der Waals surface area contributed by atoms with Gasteiger partial charge in [-0.25, -0.2) is 19.6 Å². The summed E-state index contributed by atoms with van der Waals surface area (Å²) in [5.41, 5.74) is 2.10. The quantitative estimate of drug-likeness (QED) is 0.626. The minimum Gasteiger partial charge on any atom is -0.497 e. The van der Waals surface area contributed by atoms with Gasteiger partial charge in [0.2, 0.25) is 0 Å². The standard InChI is InChI=1S/C24H20N2O5/c1-29-20-14-12-17(13-15-20)21-16-24(31-26(21)19-10-6-3-7-11-19)22(27)25(23(28)30-24)18-8-4-2-5-9-18/h2-15,21H,16H2,1H3/t21-,24+/m1/s1. The lowest BCUT2D eigenvalue weighted by molar-refractivity contribution is -0.176. The second-order valence-corrected chi connectivity index (χ2v) is 7.34. The monoisotopic (exact) mass is 416 g/mol. The Labute approximate surface area is 179 Å². The van der Waals surface area contributed by atoms with Crippen LogP contribution in [-0.4, -0.2) is 24.9 Å². The van der Waals surface area contributed by atoms with Crippen LogP contribution in [0.2, 0.25) is 0 Å². The molecular weight excluding hydrogens is 396 g/mol. The van der Waals surface area contributed by atoms with Crippen molar-refractivity contribution < 1.29 is 23.9 Å². The molecule has 0 aliphatic carbocycles. The van der Waals surface area contributed by atoms with Gasteiger partial charge in [-0.1, -0.05) is 48.5 Å². The number of methoxy groups -OCH3 is 1. The van der Waals surface area contributed by atoms with E-state index < -0.39 is 17.8 Å². The van der Waals surface area contributed by atoms with Crippen LogP contribution in [0, 0.1) is 0 Å². The van der Waals surface area contributed by atoms with E-state index in [-0.39, 0.29) is 12.5 Å². The normalized spacial score (nSPS) is 22.8. The van der Waals surface area contributed by atoms with Crippen molar-refractivity contribution in [1.82, 2.24) is 0 Å². The number of hydrogen-bond acceptors (Lipinski definition) is 6. The minimum atomic E-state index is -1.73. The number of carbonyl (C=O) groups excluding carboxylic acids is 2. The Bertz CT molecular complexity index is 1100. The van der Waals surface area contributed by atoms with Crippen molar-refractivity contribution in [3.8, 4) is 5.75 Å². The third-order valence-corrected chi connectivity index (χ3v) is 5.48. The maximum absolute atomic E-state index is 13.4. The van der Waals surface area contributed by atoms with Gasteiger partial charge < -0.3 is 9.47 Å². The Hall–Kier alpha value is -3.84.